The van der Waals surface area contributed by atoms with Crippen LogP contribution in [0.2, 0.25) is 0 Å². The molecule has 0 aliphatic rings. The summed E-state index contributed by atoms with van der Waals surface area (Å²) in [6.45, 7) is 10.9. The van der Waals surface area contributed by atoms with Crippen LogP contribution in [0.3, 0.4) is 0 Å². The van der Waals surface area contributed by atoms with Gasteiger partial charge in [-0.05, 0) is 50.8 Å². The predicted octanol–water partition coefficient (Wildman–Crippen LogP) is 4.06. The monoisotopic (exact) mass is 243 g/mol. The highest BCUT2D eigenvalue weighted by molar-refractivity contribution is 5.39. The lowest BCUT2D eigenvalue weighted by Gasteiger charge is -2.23. The van der Waals surface area contributed by atoms with Crippen molar-refractivity contribution in [3.05, 3.63) is 34.4 Å². The van der Waals surface area contributed by atoms with E-state index in [4.69, 9.17) is 6.42 Å². The Bertz CT molecular complexity index is 416. The number of benzene rings is 1. The van der Waals surface area contributed by atoms with E-state index in [0.717, 1.165) is 12.8 Å². The maximum atomic E-state index is 5.57. The fraction of sp³-hybridized carbons (Fsp3) is 0.529. The summed E-state index contributed by atoms with van der Waals surface area (Å²) >= 11 is 0. The summed E-state index contributed by atoms with van der Waals surface area (Å²) in [5.41, 5.74) is 5.40. The van der Waals surface area contributed by atoms with Gasteiger partial charge in [-0.15, -0.1) is 6.42 Å². The smallest absolute Gasteiger partial charge is 0.0691 e. The van der Waals surface area contributed by atoms with Crippen molar-refractivity contribution in [3.63, 3.8) is 0 Å². The van der Waals surface area contributed by atoms with E-state index in [1.807, 2.05) is 0 Å². The highest BCUT2D eigenvalue weighted by Gasteiger charge is 2.14. The van der Waals surface area contributed by atoms with Crippen LogP contribution in [0.4, 0.5) is 0 Å². The first-order valence-electron chi connectivity index (χ1n) is 6.79. The van der Waals surface area contributed by atoms with Gasteiger partial charge in [-0.2, -0.15) is 0 Å². The molecular formula is C17H25N. The molecule has 1 aromatic rings. The average molecular weight is 243 g/mol. The third kappa shape index (κ3) is 3.62. The van der Waals surface area contributed by atoms with Crippen molar-refractivity contribution in [2.24, 2.45) is 0 Å². The van der Waals surface area contributed by atoms with Crippen LogP contribution >= 0.6 is 0 Å². The third-order valence-corrected chi connectivity index (χ3v) is 3.40. The molecule has 0 aromatic heterocycles. The SMILES string of the molecule is C#CC(CCC)NC(C)c1c(C)cc(C)cc1C. The van der Waals surface area contributed by atoms with E-state index >= 15 is 0 Å². The molecule has 0 aliphatic carbocycles. The van der Waals surface area contributed by atoms with E-state index in [2.05, 4.69) is 58.0 Å². The Hall–Kier alpha value is -1.26. The van der Waals surface area contributed by atoms with Crippen LogP contribution in [-0.2, 0) is 0 Å². The molecule has 1 heteroatoms. The summed E-state index contributed by atoms with van der Waals surface area (Å²) in [6.07, 6.45) is 7.72. The van der Waals surface area contributed by atoms with Crippen molar-refractivity contribution in [3.8, 4) is 12.3 Å². The molecule has 0 amide bonds. The van der Waals surface area contributed by atoms with E-state index < -0.39 is 0 Å². The Balaban J connectivity index is 2.91. The van der Waals surface area contributed by atoms with Crippen LogP contribution < -0.4 is 5.32 Å². The van der Waals surface area contributed by atoms with E-state index in [0.29, 0.717) is 6.04 Å². The predicted molar refractivity (Wildman–Crippen MR) is 79.7 cm³/mol. The molecule has 98 valence electrons. The summed E-state index contributed by atoms with van der Waals surface area (Å²) in [6, 6.07) is 4.96. The largest absolute Gasteiger partial charge is 0.297 e. The summed E-state index contributed by atoms with van der Waals surface area (Å²) < 4.78 is 0. The normalized spacial score (nSPS) is 14.0. The van der Waals surface area contributed by atoms with Crippen LogP contribution in [0.1, 0.15) is 55.0 Å². The molecule has 1 N–H and O–H groups in total. The molecule has 0 saturated heterocycles. The Morgan fingerprint density at radius 2 is 1.78 bits per heavy atom. The lowest BCUT2D eigenvalue weighted by molar-refractivity contribution is 0.492. The summed E-state index contributed by atoms with van der Waals surface area (Å²) in [5, 5.41) is 3.55. The van der Waals surface area contributed by atoms with Crippen molar-refractivity contribution in [2.75, 3.05) is 0 Å². The minimum Gasteiger partial charge on any atom is -0.297 e. The molecule has 2 unspecified atom stereocenters. The first kappa shape index (κ1) is 14.8. The number of terminal acetylenes is 1. The van der Waals surface area contributed by atoms with Gasteiger partial charge in [-0.1, -0.05) is 37.0 Å². The van der Waals surface area contributed by atoms with Crippen molar-refractivity contribution in [1.82, 2.24) is 5.32 Å². The molecular weight excluding hydrogens is 218 g/mol. The van der Waals surface area contributed by atoms with Gasteiger partial charge in [0.05, 0.1) is 6.04 Å². The van der Waals surface area contributed by atoms with Gasteiger partial charge in [0.15, 0.2) is 0 Å². The van der Waals surface area contributed by atoms with E-state index in [1.54, 1.807) is 0 Å². The number of rotatable bonds is 5. The van der Waals surface area contributed by atoms with Crippen LogP contribution in [-0.4, -0.2) is 6.04 Å². The zero-order chi connectivity index (χ0) is 13.7. The Morgan fingerprint density at radius 3 is 2.22 bits per heavy atom. The van der Waals surface area contributed by atoms with E-state index in [-0.39, 0.29) is 6.04 Å². The van der Waals surface area contributed by atoms with Gasteiger partial charge in [-0.3, -0.25) is 5.32 Å². The molecule has 18 heavy (non-hydrogen) atoms. The minimum absolute atomic E-state index is 0.171. The average Bonchev–Trinajstić information content (AvgIpc) is 2.26. The topological polar surface area (TPSA) is 12.0 Å². The van der Waals surface area contributed by atoms with Gasteiger partial charge >= 0.3 is 0 Å². The third-order valence-electron chi connectivity index (χ3n) is 3.40. The Kier molecular flexibility index (Phi) is 5.44. The van der Waals surface area contributed by atoms with E-state index in [1.165, 1.54) is 22.3 Å². The fourth-order valence-electron chi connectivity index (χ4n) is 2.76. The molecule has 0 saturated carbocycles. The Morgan fingerprint density at radius 1 is 1.22 bits per heavy atom. The van der Waals surface area contributed by atoms with Crippen molar-refractivity contribution < 1.29 is 0 Å². The molecule has 0 aliphatic heterocycles. The lowest BCUT2D eigenvalue weighted by Crippen LogP contribution is -2.31. The molecule has 0 bridgehead atoms. The summed E-state index contributed by atoms with van der Waals surface area (Å²) in [4.78, 5) is 0. The highest BCUT2D eigenvalue weighted by atomic mass is 14.9. The molecule has 1 aromatic carbocycles. The first-order chi connectivity index (χ1) is 8.49. The van der Waals surface area contributed by atoms with Gasteiger partial charge in [0.2, 0.25) is 0 Å². The number of nitrogens with one attached hydrogen (secondary N) is 1. The van der Waals surface area contributed by atoms with Crippen LogP contribution in [0.25, 0.3) is 0 Å². The van der Waals surface area contributed by atoms with E-state index in [9.17, 15) is 0 Å². The second-order valence-corrected chi connectivity index (χ2v) is 5.21. The number of aryl methyl sites for hydroxylation is 3. The van der Waals surface area contributed by atoms with Crippen molar-refractivity contribution in [2.45, 2.75) is 59.5 Å². The molecule has 0 spiro atoms. The zero-order valence-corrected chi connectivity index (χ0v) is 12.3. The van der Waals surface area contributed by atoms with Gasteiger partial charge in [0.1, 0.15) is 0 Å². The van der Waals surface area contributed by atoms with Crippen LogP contribution in [0, 0.1) is 33.1 Å². The van der Waals surface area contributed by atoms with Crippen LogP contribution in [0.15, 0.2) is 12.1 Å². The number of hydrogen-bond donors (Lipinski definition) is 1. The molecule has 2 atom stereocenters. The van der Waals surface area contributed by atoms with Crippen LogP contribution in [0.5, 0.6) is 0 Å². The molecule has 0 fully saturated rings. The van der Waals surface area contributed by atoms with Gasteiger partial charge < -0.3 is 0 Å². The van der Waals surface area contributed by atoms with Gasteiger partial charge in [0.25, 0.3) is 0 Å². The Labute approximate surface area is 112 Å². The lowest BCUT2D eigenvalue weighted by atomic mass is 9.94. The second kappa shape index (κ2) is 6.61. The number of hydrogen-bond acceptors (Lipinski definition) is 1. The molecule has 0 heterocycles. The standard InChI is InChI=1S/C17H25N/c1-7-9-16(8-2)18-15(6)17-13(4)10-12(3)11-14(17)5/h2,10-11,15-16,18H,7,9H2,1,3-6H3. The second-order valence-electron chi connectivity index (χ2n) is 5.21. The van der Waals surface area contributed by atoms with Gasteiger partial charge in [-0.25, -0.2) is 0 Å². The molecule has 1 nitrogen and oxygen atoms in total. The van der Waals surface area contributed by atoms with Crippen molar-refractivity contribution in [1.29, 1.82) is 0 Å². The maximum absolute atomic E-state index is 5.57. The quantitative estimate of drug-likeness (QED) is 0.769. The first-order valence-corrected chi connectivity index (χ1v) is 6.79. The highest BCUT2D eigenvalue weighted by Crippen LogP contribution is 2.23. The van der Waals surface area contributed by atoms with Crippen molar-refractivity contribution >= 4 is 0 Å². The summed E-state index contributed by atoms with van der Waals surface area (Å²) in [5.74, 6) is 2.84. The van der Waals surface area contributed by atoms with Gasteiger partial charge in [0, 0.05) is 6.04 Å². The molecule has 1 rings (SSSR count). The molecule has 0 radical (unpaired) electrons. The zero-order valence-electron chi connectivity index (χ0n) is 12.3. The minimum atomic E-state index is 0.171. The summed E-state index contributed by atoms with van der Waals surface area (Å²) in [7, 11) is 0. The maximum Gasteiger partial charge on any atom is 0.0691 e. The fourth-order valence-corrected chi connectivity index (χ4v) is 2.76.